The molecule has 0 saturated heterocycles. The fourth-order valence-electron chi connectivity index (χ4n) is 4.04. The molecule has 1 aliphatic rings. The highest BCUT2D eigenvalue weighted by molar-refractivity contribution is 6.06. The second-order valence-electron chi connectivity index (χ2n) is 7.99. The number of aryl methyl sites for hydroxylation is 1. The molecule has 3 N–H and O–H groups in total. The molecule has 3 aromatic rings. The minimum atomic E-state index is -0.570. The van der Waals surface area contributed by atoms with E-state index in [9.17, 15) is 9.90 Å². The van der Waals surface area contributed by atoms with Gasteiger partial charge in [0.1, 0.15) is 11.8 Å². The molecule has 4 rings (SSSR count). The highest BCUT2D eigenvalue weighted by Crippen LogP contribution is 2.39. The van der Waals surface area contributed by atoms with E-state index in [2.05, 4.69) is 20.7 Å². The number of carbonyl (C=O) groups is 1. The lowest BCUT2D eigenvalue weighted by Gasteiger charge is -2.29. The summed E-state index contributed by atoms with van der Waals surface area (Å²) in [6.45, 7) is 5.88. The minimum absolute atomic E-state index is 0.0448. The number of benzene rings is 2. The summed E-state index contributed by atoms with van der Waals surface area (Å²) in [5.74, 6) is 2.64. The normalized spacial score (nSPS) is 14.1. The largest absolute Gasteiger partial charge is 0.497 e. The van der Waals surface area contributed by atoms with Crippen molar-refractivity contribution in [2.45, 2.75) is 39.7 Å². The van der Waals surface area contributed by atoms with Gasteiger partial charge < -0.3 is 30.0 Å². The summed E-state index contributed by atoms with van der Waals surface area (Å²) < 4.78 is 17.8. The van der Waals surface area contributed by atoms with Gasteiger partial charge in [0.15, 0.2) is 17.3 Å². The molecule has 1 aromatic heterocycles. The number of hydrogen-bond acceptors (Lipinski definition) is 8. The van der Waals surface area contributed by atoms with Crippen LogP contribution in [-0.2, 0) is 11.2 Å². The van der Waals surface area contributed by atoms with Gasteiger partial charge in [-0.25, -0.2) is 4.68 Å². The molecule has 2 aromatic carbocycles. The van der Waals surface area contributed by atoms with Crippen LogP contribution in [-0.4, -0.2) is 53.7 Å². The van der Waals surface area contributed by atoms with Crippen LogP contribution in [0.4, 0.5) is 11.6 Å². The van der Waals surface area contributed by atoms with Crippen molar-refractivity contribution in [1.29, 1.82) is 0 Å². The summed E-state index contributed by atoms with van der Waals surface area (Å²) in [5, 5.41) is 20.1. The summed E-state index contributed by atoms with van der Waals surface area (Å²) in [6, 6.07) is 12.1. The molecule has 2 heterocycles. The number of rotatable bonds is 9. The number of aromatic nitrogens is 3. The SMILES string of the molecule is CC.COc1ccc(NC(=O)C2=C(C)Nc3nc(CCCO)nn3[C@H]2c2ccc(OC)c(OC)c2)cc1. The lowest BCUT2D eigenvalue weighted by molar-refractivity contribution is -0.113. The lowest BCUT2D eigenvalue weighted by Crippen LogP contribution is -2.31. The molecule has 1 aliphatic heterocycles. The zero-order chi connectivity index (χ0) is 26.9. The molecular formula is C27H35N5O5. The van der Waals surface area contributed by atoms with Crippen molar-refractivity contribution in [3.05, 3.63) is 65.1 Å². The van der Waals surface area contributed by atoms with E-state index < -0.39 is 6.04 Å². The number of hydrogen-bond donors (Lipinski definition) is 3. The number of aliphatic hydroxyl groups is 1. The van der Waals surface area contributed by atoms with Crippen molar-refractivity contribution in [3.8, 4) is 17.2 Å². The van der Waals surface area contributed by atoms with E-state index in [4.69, 9.17) is 14.2 Å². The van der Waals surface area contributed by atoms with Gasteiger partial charge in [-0.2, -0.15) is 10.1 Å². The van der Waals surface area contributed by atoms with Gasteiger partial charge in [0.05, 0.1) is 26.9 Å². The third-order valence-electron chi connectivity index (χ3n) is 5.77. The van der Waals surface area contributed by atoms with Gasteiger partial charge in [-0.15, -0.1) is 0 Å². The number of fused-ring (bicyclic) bond motifs is 1. The van der Waals surface area contributed by atoms with E-state index in [1.54, 1.807) is 56.3 Å². The zero-order valence-electron chi connectivity index (χ0n) is 22.2. The molecule has 198 valence electrons. The summed E-state index contributed by atoms with van der Waals surface area (Å²) in [4.78, 5) is 18.2. The van der Waals surface area contributed by atoms with E-state index in [0.717, 1.165) is 5.56 Å². The van der Waals surface area contributed by atoms with Crippen LogP contribution in [0.3, 0.4) is 0 Å². The zero-order valence-corrected chi connectivity index (χ0v) is 22.2. The summed E-state index contributed by atoms with van der Waals surface area (Å²) >= 11 is 0. The van der Waals surface area contributed by atoms with Crippen LogP contribution in [0.15, 0.2) is 53.7 Å². The number of allylic oxidation sites excluding steroid dienone is 1. The first kappa shape index (κ1) is 27.5. The number of ether oxygens (including phenoxy) is 3. The molecular weight excluding hydrogens is 474 g/mol. The molecule has 37 heavy (non-hydrogen) atoms. The quantitative estimate of drug-likeness (QED) is 0.393. The van der Waals surface area contributed by atoms with Crippen LogP contribution in [0.25, 0.3) is 0 Å². The monoisotopic (exact) mass is 509 g/mol. The molecule has 0 bridgehead atoms. The molecule has 1 amide bonds. The van der Waals surface area contributed by atoms with Crippen LogP contribution in [0, 0.1) is 0 Å². The maximum atomic E-state index is 13.6. The molecule has 0 aliphatic carbocycles. The van der Waals surface area contributed by atoms with Crippen LogP contribution in [0.5, 0.6) is 17.2 Å². The molecule has 0 unspecified atom stereocenters. The topological polar surface area (TPSA) is 120 Å². The summed E-state index contributed by atoms with van der Waals surface area (Å²) in [6.07, 6.45) is 1.06. The predicted molar refractivity (Wildman–Crippen MR) is 142 cm³/mol. The summed E-state index contributed by atoms with van der Waals surface area (Å²) in [7, 11) is 4.73. The van der Waals surface area contributed by atoms with Crippen LogP contribution in [0.2, 0.25) is 0 Å². The Hall–Kier alpha value is -4.05. The Morgan fingerprint density at radius 3 is 2.38 bits per heavy atom. The van der Waals surface area contributed by atoms with E-state index in [-0.39, 0.29) is 12.5 Å². The van der Waals surface area contributed by atoms with Gasteiger partial charge in [-0.3, -0.25) is 4.79 Å². The average molecular weight is 510 g/mol. The maximum Gasteiger partial charge on any atom is 0.255 e. The third kappa shape index (κ3) is 6.03. The van der Waals surface area contributed by atoms with Crippen LogP contribution >= 0.6 is 0 Å². The van der Waals surface area contributed by atoms with Crippen molar-refractivity contribution >= 4 is 17.5 Å². The van der Waals surface area contributed by atoms with Crippen molar-refractivity contribution in [2.75, 3.05) is 38.6 Å². The highest BCUT2D eigenvalue weighted by atomic mass is 16.5. The standard InChI is InChI=1S/C25H29N5O5.C2H6/c1-15-22(24(32)27-17-8-10-18(33-2)11-9-17)23(16-7-12-19(34-3)20(14-16)35-4)30-25(26-15)28-21(29-30)6-5-13-31;1-2/h7-12,14,23,31H,5-6,13H2,1-4H3,(H,27,32)(H,26,28,29);1-2H3/t23-;/m0./s1. The first-order chi connectivity index (χ1) is 18.0. The smallest absolute Gasteiger partial charge is 0.255 e. The van der Waals surface area contributed by atoms with Crippen molar-refractivity contribution < 1.29 is 24.1 Å². The summed E-state index contributed by atoms with van der Waals surface area (Å²) in [5.41, 5.74) is 2.56. The number of nitrogens with one attached hydrogen (secondary N) is 2. The number of amides is 1. The minimum Gasteiger partial charge on any atom is -0.497 e. The fraction of sp³-hybridized carbons (Fsp3) is 0.370. The van der Waals surface area contributed by atoms with Crippen LogP contribution in [0.1, 0.15) is 44.6 Å². The predicted octanol–water partition coefficient (Wildman–Crippen LogP) is 4.18. The molecule has 10 nitrogen and oxygen atoms in total. The molecule has 10 heteroatoms. The molecule has 0 saturated carbocycles. The Morgan fingerprint density at radius 1 is 1.05 bits per heavy atom. The number of nitrogens with zero attached hydrogens (tertiary/aromatic N) is 3. The van der Waals surface area contributed by atoms with Gasteiger partial charge in [0.25, 0.3) is 5.91 Å². The number of carbonyl (C=O) groups excluding carboxylic acids is 1. The van der Waals surface area contributed by atoms with Crippen molar-refractivity contribution in [1.82, 2.24) is 14.8 Å². The first-order valence-electron chi connectivity index (χ1n) is 12.2. The van der Waals surface area contributed by atoms with Gasteiger partial charge >= 0.3 is 0 Å². The second kappa shape index (κ2) is 12.8. The highest BCUT2D eigenvalue weighted by Gasteiger charge is 2.34. The Labute approximate surface area is 217 Å². The molecule has 0 radical (unpaired) electrons. The van der Waals surface area contributed by atoms with E-state index in [1.165, 1.54) is 0 Å². The molecule has 0 fully saturated rings. The Balaban J connectivity index is 0.00000186. The number of methoxy groups -OCH3 is 3. The molecule has 0 spiro atoms. The molecule has 1 atom stereocenters. The van der Waals surface area contributed by atoms with Gasteiger partial charge in [-0.1, -0.05) is 19.9 Å². The van der Waals surface area contributed by atoms with Gasteiger partial charge in [-0.05, 0) is 55.3 Å². The van der Waals surface area contributed by atoms with Crippen LogP contribution < -0.4 is 24.8 Å². The average Bonchev–Trinajstić information content (AvgIpc) is 3.34. The third-order valence-corrected chi connectivity index (χ3v) is 5.77. The van der Waals surface area contributed by atoms with E-state index in [0.29, 0.717) is 58.8 Å². The van der Waals surface area contributed by atoms with E-state index in [1.807, 2.05) is 32.9 Å². The van der Waals surface area contributed by atoms with E-state index >= 15 is 0 Å². The Bertz CT molecular complexity index is 1240. The van der Waals surface area contributed by atoms with Gasteiger partial charge in [0.2, 0.25) is 5.95 Å². The lowest BCUT2D eigenvalue weighted by atomic mass is 9.94. The number of anilines is 2. The maximum absolute atomic E-state index is 13.6. The first-order valence-corrected chi connectivity index (χ1v) is 12.2. The van der Waals surface area contributed by atoms with Crippen molar-refractivity contribution in [3.63, 3.8) is 0 Å². The fourth-order valence-corrected chi connectivity index (χ4v) is 4.04. The second-order valence-corrected chi connectivity index (χ2v) is 7.99. The van der Waals surface area contributed by atoms with Crippen molar-refractivity contribution in [2.24, 2.45) is 0 Å². The van der Waals surface area contributed by atoms with Gasteiger partial charge in [0, 0.05) is 24.4 Å². The number of aliphatic hydroxyl groups excluding tert-OH is 1. The Morgan fingerprint density at radius 2 is 1.76 bits per heavy atom. The Kier molecular flexibility index (Phi) is 9.51.